The lowest BCUT2D eigenvalue weighted by atomic mass is 10.1. The molecule has 0 fully saturated rings. The number of amides is 4. The van der Waals surface area contributed by atoms with Crippen LogP contribution in [0.5, 0.6) is 0 Å². The number of nitrogens with one attached hydrogen (secondary N) is 4. The molecular weight excluding hydrogens is 562 g/mol. The van der Waals surface area contributed by atoms with Gasteiger partial charge in [-0.1, -0.05) is 36.4 Å². The topological polar surface area (TPSA) is 146 Å². The Morgan fingerprint density at radius 3 is 2.12 bits per heavy atom. The third-order valence-electron chi connectivity index (χ3n) is 6.39. The molecule has 9 nitrogen and oxygen atoms in total. The van der Waals surface area contributed by atoms with Gasteiger partial charge in [0.1, 0.15) is 5.70 Å². The van der Waals surface area contributed by atoms with Crippen LogP contribution in [0.25, 0.3) is 17.0 Å². The number of benzene rings is 4. The van der Waals surface area contributed by atoms with Crippen LogP contribution in [0, 0.1) is 0 Å². The minimum Gasteiger partial charge on any atom is -0.366 e. The van der Waals surface area contributed by atoms with Crippen LogP contribution >= 0.6 is 11.8 Å². The van der Waals surface area contributed by atoms with E-state index in [0.717, 1.165) is 21.4 Å². The second kappa shape index (κ2) is 13.4. The fourth-order valence-corrected chi connectivity index (χ4v) is 4.91. The lowest BCUT2D eigenvalue weighted by molar-refractivity contribution is -0.114. The molecule has 5 aromatic rings. The van der Waals surface area contributed by atoms with Crippen molar-refractivity contribution in [1.82, 2.24) is 10.3 Å². The molecule has 10 heteroatoms. The van der Waals surface area contributed by atoms with E-state index in [0.29, 0.717) is 22.5 Å². The van der Waals surface area contributed by atoms with Crippen LogP contribution < -0.4 is 21.7 Å². The summed E-state index contributed by atoms with van der Waals surface area (Å²) in [5.74, 6) is -1.49. The van der Waals surface area contributed by atoms with E-state index in [1.807, 2.05) is 30.3 Å². The number of primary amides is 1. The monoisotopic (exact) mass is 589 g/mol. The average molecular weight is 590 g/mol. The lowest BCUT2D eigenvalue weighted by Gasteiger charge is -2.12. The van der Waals surface area contributed by atoms with Gasteiger partial charge in [0.15, 0.2) is 0 Å². The van der Waals surface area contributed by atoms with E-state index in [9.17, 15) is 19.2 Å². The Kier molecular flexibility index (Phi) is 8.99. The first-order chi connectivity index (χ1) is 20.9. The number of aromatic amines is 1. The maximum absolute atomic E-state index is 13.4. The summed E-state index contributed by atoms with van der Waals surface area (Å²) in [5, 5.41) is 9.28. The molecule has 214 valence electrons. The van der Waals surface area contributed by atoms with Crippen molar-refractivity contribution in [3.8, 4) is 0 Å². The maximum Gasteiger partial charge on any atom is 0.272 e. The standard InChI is InChI=1S/C33H27N5O4S/c34-31(40)21-10-12-24(13-11-21)36-30(39)20-43-26-16-14-25(15-17-26)37-33(42)29(38-32(41)22-6-2-1-3-7-22)18-23-19-35-28-9-5-4-8-27(23)28/h1-19,35H,20H2,(H2,34,40)(H,36,39)(H,37,42)(H,38,41)/b29-18-. The van der Waals surface area contributed by atoms with Crippen molar-refractivity contribution in [2.45, 2.75) is 4.90 Å². The fourth-order valence-electron chi connectivity index (χ4n) is 4.21. The van der Waals surface area contributed by atoms with Gasteiger partial charge in [-0.25, -0.2) is 0 Å². The van der Waals surface area contributed by atoms with Crippen molar-refractivity contribution in [3.05, 3.63) is 132 Å². The summed E-state index contributed by atoms with van der Waals surface area (Å²) >= 11 is 1.33. The second-order valence-corrected chi connectivity index (χ2v) is 10.5. The number of rotatable bonds is 10. The predicted octanol–water partition coefficient (Wildman–Crippen LogP) is 5.41. The molecule has 0 saturated heterocycles. The van der Waals surface area contributed by atoms with Gasteiger partial charge >= 0.3 is 0 Å². The van der Waals surface area contributed by atoms with Crippen molar-refractivity contribution in [1.29, 1.82) is 0 Å². The summed E-state index contributed by atoms with van der Waals surface area (Å²) in [6.07, 6.45) is 3.42. The zero-order chi connectivity index (χ0) is 30.2. The molecule has 1 heterocycles. The molecule has 0 saturated carbocycles. The van der Waals surface area contributed by atoms with E-state index >= 15 is 0 Å². The Bertz CT molecular complexity index is 1810. The number of hydrogen-bond donors (Lipinski definition) is 5. The fraction of sp³-hybridized carbons (Fsp3) is 0.0303. The van der Waals surface area contributed by atoms with Crippen LogP contribution in [0.4, 0.5) is 11.4 Å². The van der Waals surface area contributed by atoms with E-state index in [-0.39, 0.29) is 17.4 Å². The van der Waals surface area contributed by atoms with Gasteiger partial charge in [0.2, 0.25) is 11.8 Å². The second-order valence-electron chi connectivity index (χ2n) is 9.42. The molecule has 0 atom stereocenters. The molecule has 0 aliphatic heterocycles. The SMILES string of the molecule is NC(=O)c1ccc(NC(=O)CSc2ccc(NC(=O)/C(=C/c3c[nH]c4ccccc34)NC(=O)c3ccccc3)cc2)cc1. The molecule has 43 heavy (non-hydrogen) atoms. The van der Waals surface area contributed by atoms with Gasteiger partial charge < -0.3 is 26.7 Å². The number of carbonyl (C=O) groups excluding carboxylic acids is 4. The first-order valence-corrected chi connectivity index (χ1v) is 14.2. The molecule has 0 spiro atoms. The van der Waals surface area contributed by atoms with E-state index in [1.54, 1.807) is 85.1 Å². The smallest absolute Gasteiger partial charge is 0.272 e. The van der Waals surface area contributed by atoms with Crippen molar-refractivity contribution in [2.75, 3.05) is 16.4 Å². The number of H-pyrrole nitrogens is 1. The number of aromatic nitrogens is 1. The number of anilines is 2. The predicted molar refractivity (Wildman–Crippen MR) is 170 cm³/mol. The van der Waals surface area contributed by atoms with Crippen molar-refractivity contribution in [2.24, 2.45) is 5.73 Å². The van der Waals surface area contributed by atoms with Crippen LogP contribution in [0.15, 0.2) is 120 Å². The molecule has 5 rings (SSSR count). The first kappa shape index (κ1) is 28.9. The van der Waals surface area contributed by atoms with Crippen LogP contribution in [0.2, 0.25) is 0 Å². The summed E-state index contributed by atoms with van der Waals surface area (Å²) in [6, 6.07) is 29.7. The van der Waals surface area contributed by atoms with Crippen LogP contribution in [-0.4, -0.2) is 34.4 Å². The summed E-state index contributed by atoms with van der Waals surface area (Å²) in [4.78, 5) is 53.9. The molecule has 4 amide bonds. The van der Waals surface area contributed by atoms with Gasteiger partial charge in [-0.05, 0) is 72.8 Å². The summed E-state index contributed by atoms with van der Waals surface area (Å²) in [7, 11) is 0. The number of hydrogen-bond acceptors (Lipinski definition) is 5. The average Bonchev–Trinajstić information content (AvgIpc) is 3.43. The Balaban J connectivity index is 1.24. The Morgan fingerprint density at radius 1 is 0.744 bits per heavy atom. The van der Waals surface area contributed by atoms with E-state index in [4.69, 9.17) is 5.73 Å². The van der Waals surface area contributed by atoms with Crippen molar-refractivity contribution >= 4 is 63.7 Å². The van der Waals surface area contributed by atoms with Crippen LogP contribution in [0.1, 0.15) is 26.3 Å². The lowest BCUT2D eigenvalue weighted by Crippen LogP contribution is -2.30. The normalized spacial score (nSPS) is 11.1. The summed E-state index contributed by atoms with van der Waals surface area (Å²) in [5.41, 5.74) is 8.85. The molecule has 0 aliphatic rings. The van der Waals surface area contributed by atoms with Gasteiger partial charge in [0.25, 0.3) is 11.8 Å². The Morgan fingerprint density at radius 2 is 1.40 bits per heavy atom. The maximum atomic E-state index is 13.4. The van der Waals surface area contributed by atoms with Crippen LogP contribution in [0.3, 0.4) is 0 Å². The summed E-state index contributed by atoms with van der Waals surface area (Å²) < 4.78 is 0. The number of fused-ring (bicyclic) bond motifs is 1. The van der Waals surface area contributed by atoms with Crippen LogP contribution in [-0.2, 0) is 9.59 Å². The minimum absolute atomic E-state index is 0.0811. The molecule has 0 unspecified atom stereocenters. The van der Waals surface area contributed by atoms with Gasteiger partial charge in [0.05, 0.1) is 5.75 Å². The Hall–Kier alpha value is -5.61. The minimum atomic E-state index is -0.536. The highest BCUT2D eigenvalue weighted by atomic mass is 32.2. The number of carbonyl (C=O) groups is 4. The Labute approximate surface area is 251 Å². The molecule has 4 aromatic carbocycles. The molecule has 1 aromatic heterocycles. The number of nitrogens with two attached hydrogens (primary N) is 1. The molecular formula is C33H27N5O4S. The van der Waals surface area contributed by atoms with Crippen molar-refractivity contribution < 1.29 is 19.2 Å². The summed E-state index contributed by atoms with van der Waals surface area (Å²) in [6.45, 7) is 0. The highest BCUT2D eigenvalue weighted by Crippen LogP contribution is 2.23. The van der Waals surface area contributed by atoms with E-state index < -0.39 is 17.7 Å². The third-order valence-corrected chi connectivity index (χ3v) is 7.40. The van der Waals surface area contributed by atoms with E-state index in [1.165, 1.54) is 11.8 Å². The zero-order valence-corrected chi connectivity index (χ0v) is 23.6. The van der Waals surface area contributed by atoms with Gasteiger partial charge in [-0.2, -0.15) is 0 Å². The largest absolute Gasteiger partial charge is 0.366 e. The van der Waals surface area contributed by atoms with E-state index in [2.05, 4.69) is 20.9 Å². The molecule has 0 aliphatic carbocycles. The zero-order valence-electron chi connectivity index (χ0n) is 22.8. The molecule has 0 radical (unpaired) electrons. The third kappa shape index (κ3) is 7.57. The highest BCUT2D eigenvalue weighted by Gasteiger charge is 2.16. The molecule has 0 bridgehead atoms. The van der Waals surface area contributed by atoms with Gasteiger partial charge in [-0.3, -0.25) is 19.2 Å². The van der Waals surface area contributed by atoms with Crippen molar-refractivity contribution in [3.63, 3.8) is 0 Å². The van der Waals surface area contributed by atoms with Gasteiger partial charge in [0, 0.05) is 50.1 Å². The quantitative estimate of drug-likeness (QED) is 0.109. The highest BCUT2D eigenvalue weighted by molar-refractivity contribution is 8.00. The number of para-hydroxylation sites is 1. The van der Waals surface area contributed by atoms with Gasteiger partial charge in [-0.15, -0.1) is 11.8 Å². The number of thioether (sulfide) groups is 1. The molecule has 6 N–H and O–H groups in total. The first-order valence-electron chi connectivity index (χ1n) is 13.2.